The van der Waals surface area contributed by atoms with Crippen molar-refractivity contribution < 1.29 is 4.79 Å². The average molecular weight is 313 g/mol. The molecule has 1 heterocycles. The van der Waals surface area contributed by atoms with Crippen LogP contribution in [0.15, 0.2) is 18.2 Å². The number of amides is 1. The fourth-order valence-electron chi connectivity index (χ4n) is 1.78. The third-order valence-corrected chi connectivity index (χ3v) is 3.50. The maximum absolute atomic E-state index is 12.0. The zero-order chi connectivity index (χ0) is 14.9. The van der Waals surface area contributed by atoms with Crippen molar-refractivity contribution in [2.24, 2.45) is 0 Å². The van der Waals surface area contributed by atoms with Crippen molar-refractivity contribution in [3.8, 4) is 0 Å². The first-order chi connectivity index (χ1) is 9.38. The highest BCUT2D eigenvalue weighted by atomic mass is 35.5. The molecule has 0 aliphatic heterocycles. The molecule has 1 aromatic heterocycles. The van der Waals surface area contributed by atoms with Crippen molar-refractivity contribution in [1.82, 2.24) is 9.78 Å². The molecule has 1 aromatic carbocycles. The van der Waals surface area contributed by atoms with Crippen LogP contribution >= 0.6 is 23.2 Å². The lowest BCUT2D eigenvalue weighted by Crippen LogP contribution is -2.20. The number of aryl methyl sites for hydroxylation is 1. The Kier molecular flexibility index (Phi) is 4.20. The van der Waals surface area contributed by atoms with Gasteiger partial charge in [-0.2, -0.15) is 5.10 Å². The fraction of sp³-hybridized carbons (Fsp3) is 0.231. The minimum atomic E-state index is -0.250. The van der Waals surface area contributed by atoms with Gasteiger partial charge in [-0.3, -0.25) is 9.48 Å². The first-order valence-corrected chi connectivity index (χ1v) is 6.68. The van der Waals surface area contributed by atoms with Crippen LogP contribution in [0.25, 0.3) is 0 Å². The first kappa shape index (κ1) is 14.7. The number of benzene rings is 1. The molecule has 0 aliphatic carbocycles. The molecule has 0 saturated carbocycles. The highest BCUT2D eigenvalue weighted by molar-refractivity contribution is 6.35. The fourth-order valence-corrected chi connectivity index (χ4v) is 2.12. The second-order valence-electron chi connectivity index (χ2n) is 4.41. The Labute approximate surface area is 126 Å². The lowest BCUT2D eigenvalue weighted by Gasteiger charge is -2.08. The van der Waals surface area contributed by atoms with Crippen LogP contribution in [0.3, 0.4) is 0 Å². The van der Waals surface area contributed by atoms with Gasteiger partial charge in [-0.15, -0.1) is 0 Å². The Morgan fingerprint density at radius 1 is 1.40 bits per heavy atom. The normalized spacial score (nSPS) is 10.6. The smallest absolute Gasteiger partial charge is 0.246 e. The number of carbonyl (C=O) groups excluding carboxylic acids is 1. The van der Waals surface area contributed by atoms with Gasteiger partial charge in [-0.1, -0.05) is 23.2 Å². The summed E-state index contributed by atoms with van der Waals surface area (Å²) in [6, 6.07) is 4.87. The number of halogens is 2. The largest absolute Gasteiger partial charge is 0.396 e. The summed E-state index contributed by atoms with van der Waals surface area (Å²) in [4.78, 5) is 12.0. The van der Waals surface area contributed by atoms with Crippen molar-refractivity contribution in [1.29, 1.82) is 0 Å². The van der Waals surface area contributed by atoms with Crippen LogP contribution < -0.4 is 11.1 Å². The van der Waals surface area contributed by atoms with Gasteiger partial charge in [0, 0.05) is 5.02 Å². The number of nitrogens with two attached hydrogens (primary N) is 1. The van der Waals surface area contributed by atoms with Crippen molar-refractivity contribution in [2.45, 2.75) is 20.4 Å². The van der Waals surface area contributed by atoms with E-state index in [0.717, 1.165) is 5.69 Å². The van der Waals surface area contributed by atoms with E-state index in [1.807, 2.05) is 6.92 Å². The highest BCUT2D eigenvalue weighted by Gasteiger charge is 2.12. The van der Waals surface area contributed by atoms with Gasteiger partial charge >= 0.3 is 0 Å². The Morgan fingerprint density at radius 3 is 2.70 bits per heavy atom. The summed E-state index contributed by atoms with van der Waals surface area (Å²) >= 11 is 11.9. The number of carbonyl (C=O) groups is 1. The van der Waals surface area contributed by atoms with E-state index < -0.39 is 0 Å². The van der Waals surface area contributed by atoms with Crippen LogP contribution in [-0.4, -0.2) is 15.7 Å². The van der Waals surface area contributed by atoms with Crippen molar-refractivity contribution in [3.05, 3.63) is 39.6 Å². The van der Waals surface area contributed by atoms with Gasteiger partial charge in [-0.25, -0.2) is 0 Å². The number of hydrogen-bond acceptors (Lipinski definition) is 3. The Bertz CT molecular complexity index is 667. The molecule has 0 spiro atoms. The number of nitrogens with zero attached hydrogens (tertiary/aromatic N) is 2. The summed E-state index contributed by atoms with van der Waals surface area (Å²) in [7, 11) is 0. The molecule has 7 heteroatoms. The molecule has 0 atom stereocenters. The van der Waals surface area contributed by atoms with Gasteiger partial charge in [-0.05, 0) is 32.0 Å². The van der Waals surface area contributed by atoms with Crippen LogP contribution in [0.4, 0.5) is 11.4 Å². The predicted octanol–water partition coefficient (Wildman–Crippen LogP) is 3.03. The van der Waals surface area contributed by atoms with Crippen molar-refractivity contribution in [2.75, 3.05) is 11.1 Å². The summed E-state index contributed by atoms with van der Waals surface area (Å²) in [5, 5.41) is 7.83. The Balaban J connectivity index is 2.13. The van der Waals surface area contributed by atoms with Crippen LogP contribution in [0, 0.1) is 13.8 Å². The lowest BCUT2D eigenvalue weighted by molar-refractivity contribution is -0.116. The van der Waals surface area contributed by atoms with Crippen LogP contribution in [-0.2, 0) is 11.3 Å². The molecule has 0 aliphatic rings. The molecule has 0 bridgehead atoms. The van der Waals surface area contributed by atoms with Gasteiger partial charge < -0.3 is 11.1 Å². The van der Waals surface area contributed by atoms with Gasteiger partial charge in [0.05, 0.1) is 27.8 Å². The highest BCUT2D eigenvalue weighted by Crippen LogP contribution is 2.25. The molecule has 106 valence electrons. The molecule has 0 fully saturated rings. The first-order valence-electron chi connectivity index (χ1n) is 5.93. The van der Waals surface area contributed by atoms with Gasteiger partial charge in [0.15, 0.2) is 0 Å². The van der Waals surface area contributed by atoms with E-state index in [2.05, 4.69) is 10.4 Å². The number of nitrogen functional groups attached to an aromatic ring is 1. The number of nitrogens with one attached hydrogen (secondary N) is 1. The van der Waals surface area contributed by atoms with Gasteiger partial charge in [0.2, 0.25) is 5.91 Å². The van der Waals surface area contributed by atoms with E-state index in [4.69, 9.17) is 28.9 Å². The zero-order valence-corrected chi connectivity index (χ0v) is 12.6. The molecule has 2 rings (SSSR count). The lowest BCUT2D eigenvalue weighted by atomic mass is 10.3. The molecule has 0 radical (unpaired) electrons. The second kappa shape index (κ2) is 5.73. The minimum absolute atomic E-state index is 0.0622. The minimum Gasteiger partial charge on any atom is -0.396 e. The van der Waals surface area contributed by atoms with Crippen LogP contribution in [0.2, 0.25) is 10.0 Å². The van der Waals surface area contributed by atoms with E-state index in [-0.39, 0.29) is 12.5 Å². The number of hydrogen-bond donors (Lipinski definition) is 2. The second-order valence-corrected chi connectivity index (χ2v) is 5.26. The summed E-state index contributed by atoms with van der Waals surface area (Å²) in [6.45, 7) is 3.67. The Morgan fingerprint density at radius 2 is 2.10 bits per heavy atom. The van der Waals surface area contributed by atoms with Gasteiger partial charge in [0.25, 0.3) is 0 Å². The Hall–Kier alpha value is -1.72. The summed E-state index contributed by atoms with van der Waals surface area (Å²) in [5.41, 5.74) is 8.35. The quantitative estimate of drug-likeness (QED) is 0.915. The van der Waals surface area contributed by atoms with E-state index in [0.29, 0.717) is 27.1 Å². The van der Waals surface area contributed by atoms with Crippen molar-refractivity contribution in [3.63, 3.8) is 0 Å². The van der Waals surface area contributed by atoms with Crippen molar-refractivity contribution >= 4 is 40.5 Å². The molecule has 0 saturated heterocycles. The monoisotopic (exact) mass is 312 g/mol. The van der Waals surface area contributed by atoms with Crippen LogP contribution in [0.5, 0.6) is 0 Å². The average Bonchev–Trinajstić information content (AvgIpc) is 2.61. The predicted molar refractivity (Wildman–Crippen MR) is 81.2 cm³/mol. The molecule has 3 N–H and O–H groups in total. The molecule has 20 heavy (non-hydrogen) atoms. The van der Waals surface area contributed by atoms with E-state index in [9.17, 15) is 4.79 Å². The van der Waals surface area contributed by atoms with E-state index in [1.165, 1.54) is 0 Å². The number of aromatic nitrogens is 2. The maximum atomic E-state index is 12.0. The summed E-state index contributed by atoms with van der Waals surface area (Å²) in [5.74, 6) is -0.250. The molecule has 1 amide bonds. The number of anilines is 2. The third kappa shape index (κ3) is 3.05. The number of rotatable bonds is 3. The zero-order valence-electron chi connectivity index (χ0n) is 11.1. The standard InChI is InChI=1S/C13H14Cl2N4O/c1-7-13(16)8(2)19(18-7)6-12(20)17-11-5-9(14)3-4-10(11)15/h3-5H,6,16H2,1-2H3,(H,17,20). The van der Waals surface area contributed by atoms with E-state index >= 15 is 0 Å². The molecule has 2 aromatic rings. The summed E-state index contributed by atoms with van der Waals surface area (Å²) in [6.07, 6.45) is 0. The third-order valence-electron chi connectivity index (χ3n) is 2.93. The van der Waals surface area contributed by atoms with E-state index in [1.54, 1.807) is 29.8 Å². The molecule has 5 nitrogen and oxygen atoms in total. The summed E-state index contributed by atoms with van der Waals surface area (Å²) < 4.78 is 1.55. The molecule has 0 unspecified atom stereocenters. The van der Waals surface area contributed by atoms with Crippen LogP contribution in [0.1, 0.15) is 11.4 Å². The van der Waals surface area contributed by atoms with Gasteiger partial charge in [0.1, 0.15) is 6.54 Å². The maximum Gasteiger partial charge on any atom is 0.246 e. The molecular weight excluding hydrogens is 299 g/mol. The molecular formula is C13H14Cl2N4O. The SMILES string of the molecule is Cc1nn(CC(=O)Nc2cc(Cl)ccc2Cl)c(C)c1N. The topological polar surface area (TPSA) is 72.9 Å².